The van der Waals surface area contributed by atoms with Crippen LogP contribution in [0.25, 0.3) is 0 Å². The van der Waals surface area contributed by atoms with E-state index in [9.17, 15) is 4.79 Å². The SMILES string of the molecule is Cc1ccc(C(NC(=O)c2ccccc2)c2ccc(C)cc2)cc1. The smallest absolute Gasteiger partial charge is 0.252 e. The van der Waals surface area contributed by atoms with Gasteiger partial charge < -0.3 is 5.32 Å². The number of benzene rings is 3. The van der Waals surface area contributed by atoms with Crippen molar-refractivity contribution in [2.24, 2.45) is 0 Å². The Morgan fingerprint density at radius 2 is 1.17 bits per heavy atom. The summed E-state index contributed by atoms with van der Waals surface area (Å²) in [6, 6.07) is 25.8. The summed E-state index contributed by atoms with van der Waals surface area (Å²) in [5.41, 5.74) is 5.23. The van der Waals surface area contributed by atoms with Crippen LogP contribution in [-0.4, -0.2) is 5.91 Å². The molecule has 1 amide bonds. The number of carbonyl (C=O) groups excluding carboxylic acids is 1. The van der Waals surface area contributed by atoms with Crippen molar-refractivity contribution in [3.05, 3.63) is 107 Å². The molecule has 0 saturated carbocycles. The van der Waals surface area contributed by atoms with Crippen LogP contribution in [0, 0.1) is 13.8 Å². The van der Waals surface area contributed by atoms with Crippen molar-refractivity contribution < 1.29 is 4.79 Å². The largest absolute Gasteiger partial charge is 0.341 e. The molecule has 0 radical (unpaired) electrons. The molecule has 1 N–H and O–H groups in total. The first-order chi connectivity index (χ1) is 11.6. The lowest BCUT2D eigenvalue weighted by Gasteiger charge is -2.20. The third-order valence-electron chi connectivity index (χ3n) is 4.13. The molecular weight excluding hydrogens is 294 g/mol. The zero-order valence-corrected chi connectivity index (χ0v) is 14.0. The Labute approximate surface area is 143 Å². The lowest BCUT2D eigenvalue weighted by atomic mass is 9.96. The molecule has 0 unspecified atom stereocenters. The molecule has 0 aromatic heterocycles. The van der Waals surface area contributed by atoms with Crippen LogP contribution in [0.15, 0.2) is 78.9 Å². The average Bonchev–Trinajstić information content (AvgIpc) is 2.62. The maximum absolute atomic E-state index is 12.6. The van der Waals surface area contributed by atoms with Gasteiger partial charge in [0.2, 0.25) is 0 Å². The molecule has 0 saturated heterocycles. The minimum atomic E-state index is -0.168. The molecule has 3 aromatic rings. The Hall–Kier alpha value is -2.87. The van der Waals surface area contributed by atoms with Gasteiger partial charge in [-0.1, -0.05) is 77.9 Å². The van der Waals surface area contributed by atoms with E-state index in [-0.39, 0.29) is 11.9 Å². The quantitative estimate of drug-likeness (QED) is 0.734. The van der Waals surface area contributed by atoms with Gasteiger partial charge in [-0.15, -0.1) is 0 Å². The molecule has 24 heavy (non-hydrogen) atoms. The summed E-state index contributed by atoms with van der Waals surface area (Å²) in [5.74, 6) is -0.0678. The molecule has 0 aliphatic rings. The highest BCUT2D eigenvalue weighted by Crippen LogP contribution is 2.23. The van der Waals surface area contributed by atoms with Gasteiger partial charge in [-0.05, 0) is 37.1 Å². The fourth-order valence-corrected chi connectivity index (χ4v) is 2.68. The topological polar surface area (TPSA) is 29.1 Å². The van der Waals surface area contributed by atoms with Crippen molar-refractivity contribution in [2.45, 2.75) is 19.9 Å². The number of amides is 1. The fraction of sp³-hybridized carbons (Fsp3) is 0.136. The lowest BCUT2D eigenvalue weighted by Crippen LogP contribution is -2.29. The fourth-order valence-electron chi connectivity index (χ4n) is 2.68. The Morgan fingerprint density at radius 3 is 1.62 bits per heavy atom. The molecule has 2 heteroatoms. The predicted molar refractivity (Wildman–Crippen MR) is 98.1 cm³/mol. The summed E-state index contributed by atoms with van der Waals surface area (Å²) in [4.78, 5) is 12.6. The van der Waals surface area contributed by atoms with E-state index in [1.165, 1.54) is 11.1 Å². The highest BCUT2D eigenvalue weighted by Gasteiger charge is 2.17. The number of carbonyl (C=O) groups is 1. The zero-order valence-electron chi connectivity index (χ0n) is 14.0. The van der Waals surface area contributed by atoms with Gasteiger partial charge in [-0.25, -0.2) is 0 Å². The zero-order chi connectivity index (χ0) is 16.9. The van der Waals surface area contributed by atoms with Gasteiger partial charge >= 0.3 is 0 Å². The van der Waals surface area contributed by atoms with Crippen LogP contribution in [0.1, 0.15) is 38.7 Å². The van der Waals surface area contributed by atoms with Gasteiger partial charge in [-0.2, -0.15) is 0 Å². The van der Waals surface area contributed by atoms with Gasteiger partial charge in [-0.3, -0.25) is 4.79 Å². The monoisotopic (exact) mass is 315 g/mol. The van der Waals surface area contributed by atoms with Gasteiger partial charge in [0, 0.05) is 5.56 Å². The number of rotatable bonds is 4. The first-order valence-electron chi connectivity index (χ1n) is 8.12. The van der Waals surface area contributed by atoms with Gasteiger partial charge in [0.15, 0.2) is 0 Å². The van der Waals surface area contributed by atoms with E-state index in [1.54, 1.807) is 0 Å². The third-order valence-corrected chi connectivity index (χ3v) is 4.13. The second-order valence-corrected chi connectivity index (χ2v) is 6.09. The molecule has 0 spiro atoms. The first-order valence-corrected chi connectivity index (χ1v) is 8.12. The van der Waals surface area contributed by atoms with Crippen LogP contribution in [0.5, 0.6) is 0 Å². The van der Waals surface area contributed by atoms with Crippen LogP contribution in [0.4, 0.5) is 0 Å². The highest BCUT2D eigenvalue weighted by atomic mass is 16.1. The summed E-state index contributed by atoms with van der Waals surface area (Å²) in [5, 5.41) is 3.17. The number of nitrogens with one attached hydrogen (secondary N) is 1. The van der Waals surface area contributed by atoms with Crippen LogP contribution in [0.2, 0.25) is 0 Å². The molecule has 0 atom stereocenters. The van der Waals surface area contributed by atoms with E-state index in [2.05, 4.69) is 67.7 Å². The van der Waals surface area contributed by atoms with E-state index < -0.39 is 0 Å². The second-order valence-electron chi connectivity index (χ2n) is 6.09. The summed E-state index contributed by atoms with van der Waals surface area (Å²) in [6.07, 6.45) is 0. The van der Waals surface area contributed by atoms with Crippen molar-refractivity contribution in [1.29, 1.82) is 0 Å². The minimum Gasteiger partial charge on any atom is -0.341 e. The van der Waals surface area contributed by atoms with E-state index >= 15 is 0 Å². The maximum atomic E-state index is 12.6. The van der Waals surface area contributed by atoms with Crippen molar-refractivity contribution in [3.8, 4) is 0 Å². The number of hydrogen-bond donors (Lipinski definition) is 1. The molecule has 0 heterocycles. The summed E-state index contributed by atoms with van der Waals surface area (Å²) in [7, 11) is 0. The van der Waals surface area contributed by atoms with E-state index in [0.29, 0.717) is 5.56 Å². The van der Waals surface area contributed by atoms with E-state index in [0.717, 1.165) is 11.1 Å². The lowest BCUT2D eigenvalue weighted by molar-refractivity contribution is 0.0943. The minimum absolute atomic E-state index is 0.0678. The second kappa shape index (κ2) is 7.14. The van der Waals surface area contributed by atoms with E-state index in [4.69, 9.17) is 0 Å². The van der Waals surface area contributed by atoms with Crippen molar-refractivity contribution >= 4 is 5.91 Å². The molecule has 2 nitrogen and oxygen atoms in total. The summed E-state index contributed by atoms with van der Waals surface area (Å²) in [6.45, 7) is 4.13. The van der Waals surface area contributed by atoms with Gasteiger partial charge in [0.05, 0.1) is 6.04 Å². The van der Waals surface area contributed by atoms with Crippen molar-refractivity contribution in [3.63, 3.8) is 0 Å². The number of aryl methyl sites for hydroxylation is 2. The first kappa shape index (κ1) is 16.0. The molecule has 120 valence electrons. The van der Waals surface area contributed by atoms with Crippen molar-refractivity contribution in [1.82, 2.24) is 5.32 Å². The predicted octanol–water partition coefficient (Wildman–Crippen LogP) is 4.82. The molecular formula is C22H21NO. The maximum Gasteiger partial charge on any atom is 0.252 e. The Kier molecular flexibility index (Phi) is 4.76. The standard InChI is InChI=1S/C22H21NO/c1-16-8-12-18(13-9-16)21(19-14-10-17(2)11-15-19)23-22(24)20-6-4-3-5-7-20/h3-15,21H,1-2H3,(H,23,24). The van der Waals surface area contributed by atoms with Crippen LogP contribution in [0.3, 0.4) is 0 Å². The van der Waals surface area contributed by atoms with Crippen LogP contribution < -0.4 is 5.32 Å². The summed E-state index contributed by atoms with van der Waals surface area (Å²) < 4.78 is 0. The normalized spacial score (nSPS) is 10.6. The van der Waals surface area contributed by atoms with Gasteiger partial charge in [0.25, 0.3) is 5.91 Å². The average molecular weight is 315 g/mol. The van der Waals surface area contributed by atoms with Crippen LogP contribution >= 0.6 is 0 Å². The molecule has 0 bridgehead atoms. The Morgan fingerprint density at radius 1 is 0.708 bits per heavy atom. The van der Waals surface area contributed by atoms with Crippen molar-refractivity contribution in [2.75, 3.05) is 0 Å². The summed E-state index contributed by atoms with van der Waals surface area (Å²) >= 11 is 0. The molecule has 3 rings (SSSR count). The molecule has 3 aromatic carbocycles. The van der Waals surface area contributed by atoms with Gasteiger partial charge in [0.1, 0.15) is 0 Å². The molecule has 0 fully saturated rings. The Bertz CT molecular complexity index is 759. The number of hydrogen-bond acceptors (Lipinski definition) is 1. The molecule has 0 aliphatic carbocycles. The molecule has 0 aliphatic heterocycles. The van der Waals surface area contributed by atoms with Crippen LogP contribution in [-0.2, 0) is 0 Å². The van der Waals surface area contributed by atoms with E-state index in [1.807, 2.05) is 30.3 Å². The highest BCUT2D eigenvalue weighted by molar-refractivity contribution is 5.94. The third kappa shape index (κ3) is 3.72. The Balaban J connectivity index is 1.94.